The van der Waals surface area contributed by atoms with Gasteiger partial charge in [0.15, 0.2) is 0 Å². The molecule has 0 unspecified atom stereocenters. The molecule has 86 valence electrons. The molecule has 2 aromatic heterocycles. The van der Waals surface area contributed by atoms with E-state index in [1.807, 2.05) is 13.8 Å². The maximum atomic E-state index is 10.7. The Morgan fingerprint density at radius 2 is 1.94 bits per heavy atom. The zero-order chi connectivity index (χ0) is 12.4. The third-order valence-corrected chi connectivity index (χ3v) is 2.33. The van der Waals surface area contributed by atoms with E-state index in [4.69, 9.17) is 5.11 Å². The first-order chi connectivity index (χ1) is 8.08. The Morgan fingerprint density at radius 1 is 1.18 bits per heavy atom. The van der Waals surface area contributed by atoms with E-state index in [9.17, 15) is 4.79 Å². The number of hydrogen-bond donors (Lipinski definition) is 1. The number of aryl methyl sites for hydroxylation is 2. The average molecular weight is 229 g/mol. The second-order valence-electron chi connectivity index (χ2n) is 3.68. The average Bonchev–Trinajstić information content (AvgIpc) is 2.32. The third kappa shape index (κ3) is 2.28. The number of rotatable bonds is 2. The van der Waals surface area contributed by atoms with Crippen LogP contribution in [0.3, 0.4) is 0 Å². The molecule has 2 rings (SSSR count). The van der Waals surface area contributed by atoms with Crippen molar-refractivity contribution in [2.45, 2.75) is 13.8 Å². The molecule has 0 saturated heterocycles. The van der Waals surface area contributed by atoms with Crippen molar-refractivity contribution in [3.63, 3.8) is 0 Å². The summed E-state index contributed by atoms with van der Waals surface area (Å²) in [6, 6.07) is 3.15. The zero-order valence-corrected chi connectivity index (χ0v) is 9.51. The van der Waals surface area contributed by atoms with Crippen molar-refractivity contribution in [3.8, 4) is 11.4 Å². The second kappa shape index (κ2) is 4.29. The van der Waals surface area contributed by atoms with Crippen molar-refractivity contribution in [1.82, 2.24) is 15.0 Å². The molecule has 0 fully saturated rings. The molecule has 0 saturated carbocycles. The molecule has 0 spiro atoms. The fourth-order valence-corrected chi connectivity index (χ4v) is 1.44. The van der Waals surface area contributed by atoms with Crippen LogP contribution in [-0.2, 0) is 0 Å². The van der Waals surface area contributed by atoms with Gasteiger partial charge in [-0.3, -0.25) is 9.97 Å². The van der Waals surface area contributed by atoms with Gasteiger partial charge in [-0.2, -0.15) is 0 Å². The summed E-state index contributed by atoms with van der Waals surface area (Å²) in [5, 5.41) is 8.78. The van der Waals surface area contributed by atoms with Crippen LogP contribution >= 0.6 is 0 Å². The molecule has 2 heterocycles. The molecule has 1 N–H and O–H groups in total. The third-order valence-electron chi connectivity index (χ3n) is 2.33. The van der Waals surface area contributed by atoms with Crippen LogP contribution in [0.25, 0.3) is 11.4 Å². The predicted octanol–water partition coefficient (Wildman–Crippen LogP) is 1.85. The Kier molecular flexibility index (Phi) is 2.82. The second-order valence-corrected chi connectivity index (χ2v) is 3.68. The molecule has 5 nitrogen and oxygen atoms in total. The monoisotopic (exact) mass is 229 g/mol. The molecular weight excluding hydrogens is 218 g/mol. The van der Waals surface area contributed by atoms with Crippen LogP contribution in [0.4, 0.5) is 0 Å². The molecule has 0 aliphatic rings. The highest BCUT2D eigenvalue weighted by Gasteiger charge is 2.08. The van der Waals surface area contributed by atoms with Crippen molar-refractivity contribution in [2.75, 3.05) is 0 Å². The van der Waals surface area contributed by atoms with Gasteiger partial charge in [0.1, 0.15) is 5.69 Å². The lowest BCUT2D eigenvalue weighted by molar-refractivity contribution is 0.0696. The highest BCUT2D eigenvalue weighted by Crippen LogP contribution is 2.17. The number of pyridine rings is 1. The number of carboxylic acids is 1. The lowest BCUT2D eigenvalue weighted by atomic mass is 10.2. The number of carbonyl (C=O) groups is 1. The quantitative estimate of drug-likeness (QED) is 0.850. The summed E-state index contributed by atoms with van der Waals surface area (Å²) in [5.74, 6) is -0.990. The van der Waals surface area contributed by atoms with E-state index in [1.54, 1.807) is 12.3 Å². The molecule has 0 aliphatic carbocycles. The van der Waals surface area contributed by atoms with E-state index in [2.05, 4.69) is 15.0 Å². The minimum atomic E-state index is -0.990. The van der Waals surface area contributed by atoms with Gasteiger partial charge in [0.25, 0.3) is 0 Å². The number of aromatic nitrogens is 3. The summed E-state index contributed by atoms with van der Waals surface area (Å²) in [7, 11) is 0. The van der Waals surface area contributed by atoms with Gasteiger partial charge < -0.3 is 5.11 Å². The molecule has 0 bridgehead atoms. The number of hydrogen-bond acceptors (Lipinski definition) is 4. The summed E-state index contributed by atoms with van der Waals surface area (Å²) in [5.41, 5.74) is 3.04. The Bertz CT molecular complexity index is 564. The Hall–Kier alpha value is -2.30. The molecule has 2 aromatic rings. The first-order valence-corrected chi connectivity index (χ1v) is 5.08. The largest absolute Gasteiger partial charge is 0.478 e. The van der Waals surface area contributed by atoms with E-state index in [0.717, 1.165) is 11.4 Å². The molecule has 0 aromatic carbocycles. The van der Waals surface area contributed by atoms with Gasteiger partial charge in [-0.05, 0) is 26.0 Å². The first-order valence-electron chi connectivity index (χ1n) is 5.08. The van der Waals surface area contributed by atoms with E-state index >= 15 is 0 Å². The van der Waals surface area contributed by atoms with Gasteiger partial charge in [0, 0.05) is 12.4 Å². The topological polar surface area (TPSA) is 76.0 Å². The van der Waals surface area contributed by atoms with Crippen molar-refractivity contribution in [1.29, 1.82) is 0 Å². The van der Waals surface area contributed by atoms with Gasteiger partial charge in [-0.15, -0.1) is 0 Å². The van der Waals surface area contributed by atoms with Crippen LogP contribution in [-0.4, -0.2) is 26.0 Å². The molecule has 0 radical (unpaired) electrons. The number of carboxylic acid groups (broad SMARTS) is 1. The summed E-state index contributed by atoms with van der Waals surface area (Å²) in [6.07, 6.45) is 3.01. The summed E-state index contributed by atoms with van der Waals surface area (Å²) in [4.78, 5) is 23.3. The van der Waals surface area contributed by atoms with Gasteiger partial charge >= 0.3 is 5.97 Å². The molecule has 5 heteroatoms. The zero-order valence-electron chi connectivity index (χ0n) is 9.51. The SMILES string of the molecule is Cc1cnc(C)c(-c2ccc(C(=O)O)cn2)n1. The highest BCUT2D eigenvalue weighted by atomic mass is 16.4. The van der Waals surface area contributed by atoms with Crippen molar-refractivity contribution in [2.24, 2.45) is 0 Å². The molecule has 17 heavy (non-hydrogen) atoms. The van der Waals surface area contributed by atoms with Crippen LogP contribution in [0.15, 0.2) is 24.5 Å². The highest BCUT2D eigenvalue weighted by molar-refractivity contribution is 5.87. The molecule has 0 aliphatic heterocycles. The van der Waals surface area contributed by atoms with Crippen LogP contribution in [0.5, 0.6) is 0 Å². The predicted molar refractivity (Wildman–Crippen MR) is 61.7 cm³/mol. The van der Waals surface area contributed by atoms with Crippen molar-refractivity contribution < 1.29 is 9.90 Å². The van der Waals surface area contributed by atoms with Crippen molar-refractivity contribution >= 4 is 5.97 Å². The first kappa shape index (κ1) is 11.2. The maximum Gasteiger partial charge on any atom is 0.337 e. The maximum absolute atomic E-state index is 10.7. The lowest BCUT2D eigenvalue weighted by Gasteiger charge is -2.04. The fraction of sp³-hybridized carbons (Fsp3) is 0.167. The standard InChI is InChI=1S/C12H11N3O2/c1-7-5-13-8(2)11(15-7)10-4-3-9(6-14-10)12(16)17/h3-6H,1-2H3,(H,16,17). The number of aromatic carboxylic acids is 1. The Morgan fingerprint density at radius 3 is 2.53 bits per heavy atom. The fourth-order valence-electron chi connectivity index (χ4n) is 1.44. The van der Waals surface area contributed by atoms with Crippen LogP contribution < -0.4 is 0 Å². The van der Waals surface area contributed by atoms with Gasteiger partial charge in [-0.25, -0.2) is 9.78 Å². The van der Waals surface area contributed by atoms with Crippen LogP contribution in [0.2, 0.25) is 0 Å². The van der Waals surface area contributed by atoms with E-state index in [1.165, 1.54) is 12.3 Å². The van der Waals surface area contributed by atoms with Crippen molar-refractivity contribution in [3.05, 3.63) is 41.5 Å². The Balaban J connectivity index is 2.46. The lowest BCUT2D eigenvalue weighted by Crippen LogP contribution is -1.99. The summed E-state index contributed by atoms with van der Waals surface area (Å²) in [6.45, 7) is 3.69. The van der Waals surface area contributed by atoms with Crippen LogP contribution in [0.1, 0.15) is 21.7 Å². The minimum Gasteiger partial charge on any atom is -0.478 e. The Labute approximate surface area is 98.2 Å². The smallest absolute Gasteiger partial charge is 0.337 e. The number of nitrogens with zero attached hydrogens (tertiary/aromatic N) is 3. The molecular formula is C12H11N3O2. The van der Waals surface area contributed by atoms with E-state index < -0.39 is 5.97 Å². The molecule has 0 atom stereocenters. The van der Waals surface area contributed by atoms with E-state index in [0.29, 0.717) is 11.4 Å². The molecule has 0 amide bonds. The summed E-state index contributed by atoms with van der Waals surface area (Å²) < 4.78 is 0. The summed E-state index contributed by atoms with van der Waals surface area (Å²) >= 11 is 0. The van der Waals surface area contributed by atoms with E-state index in [-0.39, 0.29) is 5.56 Å². The van der Waals surface area contributed by atoms with Gasteiger partial charge in [0.2, 0.25) is 0 Å². The van der Waals surface area contributed by atoms with Gasteiger partial charge in [-0.1, -0.05) is 0 Å². The van der Waals surface area contributed by atoms with Crippen LogP contribution in [0, 0.1) is 13.8 Å². The normalized spacial score (nSPS) is 10.2. The van der Waals surface area contributed by atoms with Gasteiger partial charge in [0.05, 0.1) is 22.6 Å². The minimum absolute atomic E-state index is 0.159.